The molecule has 0 aliphatic heterocycles. The molecule has 0 atom stereocenters. The highest BCUT2D eigenvalue weighted by atomic mass is 16.5. The van der Waals surface area contributed by atoms with Gasteiger partial charge >= 0.3 is 5.97 Å². The Labute approximate surface area is 103 Å². The minimum atomic E-state index is -0.247. The van der Waals surface area contributed by atoms with Crippen molar-refractivity contribution in [3.63, 3.8) is 0 Å². The third-order valence-electron chi connectivity index (χ3n) is 3.74. The first-order valence-electron chi connectivity index (χ1n) is 6.41. The molecule has 1 aromatic carbocycles. The third-order valence-corrected chi connectivity index (χ3v) is 3.74. The number of aryl methyl sites for hydroxylation is 1. The standard InChI is InChI=1S/C15H20O2/c1-11-10-13(15(16)17-2)8-9-14(11)12-6-4-3-5-7-12/h8-10,12H,3-7H2,1-2H3. The van der Waals surface area contributed by atoms with Gasteiger partial charge in [0.15, 0.2) is 0 Å². The molecule has 2 rings (SSSR count). The van der Waals surface area contributed by atoms with E-state index in [9.17, 15) is 4.79 Å². The Hall–Kier alpha value is -1.31. The Bertz CT molecular complexity index is 403. The summed E-state index contributed by atoms with van der Waals surface area (Å²) in [5, 5.41) is 0. The number of carbonyl (C=O) groups is 1. The summed E-state index contributed by atoms with van der Waals surface area (Å²) in [6.07, 6.45) is 6.62. The van der Waals surface area contributed by atoms with Crippen LogP contribution in [0, 0.1) is 6.92 Å². The molecule has 92 valence electrons. The summed E-state index contributed by atoms with van der Waals surface area (Å²) in [6, 6.07) is 5.95. The Morgan fingerprint density at radius 3 is 2.53 bits per heavy atom. The topological polar surface area (TPSA) is 26.3 Å². The molecule has 0 unspecified atom stereocenters. The van der Waals surface area contributed by atoms with Crippen molar-refractivity contribution < 1.29 is 9.53 Å². The lowest BCUT2D eigenvalue weighted by Gasteiger charge is -2.23. The van der Waals surface area contributed by atoms with Crippen molar-refractivity contribution in [3.8, 4) is 0 Å². The van der Waals surface area contributed by atoms with E-state index in [2.05, 4.69) is 13.0 Å². The highest BCUT2D eigenvalue weighted by molar-refractivity contribution is 5.89. The van der Waals surface area contributed by atoms with Gasteiger partial charge in [-0.25, -0.2) is 4.79 Å². The van der Waals surface area contributed by atoms with Gasteiger partial charge in [0.25, 0.3) is 0 Å². The molecule has 17 heavy (non-hydrogen) atoms. The van der Waals surface area contributed by atoms with E-state index in [-0.39, 0.29) is 5.97 Å². The predicted octanol–water partition coefficient (Wildman–Crippen LogP) is 3.83. The second kappa shape index (κ2) is 5.35. The number of esters is 1. The molecule has 1 aliphatic carbocycles. The van der Waals surface area contributed by atoms with E-state index in [1.807, 2.05) is 12.1 Å². The van der Waals surface area contributed by atoms with Crippen molar-refractivity contribution in [1.82, 2.24) is 0 Å². The lowest BCUT2D eigenvalue weighted by atomic mass is 9.82. The van der Waals surface area contributed by atoms with Gasteiger partial charge in [0.2, 0.25) is 0 Å². The van der Waals surface area contributed by atoms with Crippen LogP contribution in [0.2, 0.25) is 0 Å². The molecule has 0 radical (unpaired) electrons. The summed E-state index contributed by atoms with van der Waals surface area (Å²) in [6.45, 7) is 2.09. The largest absolute Gasteiger partial charge is 0.465 e. The minimum Gasteiger partial charge on any atom is -0.465 e. The van der Waals surface area contributed by atoms with E-state index >= 15 is 0 Å². The fourth-order valence-electron chi connectivity index (χ4n) is 2.79. The molecular weight excluding hydrogens is 212 g/mol. The van der Waals surface area contributed by atoms with Crippen LogP contribution in [0.1, 0.15) is 59.5 Å². The number of methoxy groups -OCH3 is 1. The van der Waals surface area contributed by atoms with E-state index in [1.54, 1.807) is 0 Å². The fourth-order valence-corrected chi connectivity index (χ4v) is 2.79. The molecule has 1 fully saturated rings. The van der Waals surface area contributed by atoms with Gasteiger partial charge in [0, 0.05) is 0 Å². The third kappa shape index (κ3) is 2.68. The summed E-state index contributed by atoms with van der Waals surface area (Å²) in [5.74, 6) is 0.443. The number of carbonyl (C=O) groups excluding carboxylic acids is 1. The average Bonchev–Trinajstić information content (AvgIpc) is 2.38. The smallest absolute Gasteiger partial charge is 0.337 e. The monoisotopic (exact) mass is 232 g/mol. The second-order valence-electron chi connectivity index (χ2n) is 4.90. The van der Waals surface area contributed by atoms with Crippen LogP contribution in [-0.2, 0) is 4.74 Å². The van der Waals surface area contributed by atoms with Gasteiger partial charge < -0.3 is 4.74 Å². The molecule has 0 bridgehead atoms. The highest BCUT2D eigenvalue weighted by Crippen LogP contribution is 2.34. The van der Waals surface area contributed by atoms with Crippen LogP contribution in [0.3, 0.4) is 0 Å². The molecule has 0 aromatic heterocycles. The Morgan fingerprint density at radius 2 is 1.94 bits per heavy atom. The number of benzene rings is 1. The van der Waals surface area contributed by atoms with Crippen molar-refractivity contribution in [3.05, 3.63) is 34.9 Å². The van der Waals surface area contributed by atoms with Gasteiger partial charge in [-0.15, -0.1) is 0 Å². The zero-order valence-electron chi connectivity index (χ0n) is 10.7. The maximum Gasteiger partial charge on any atom is 0.337 e. The Morgan fingerprint density at radius 1 is 1.24 bits per heavy atom. The van der Waals surface area contributed by atoms with Crippen LogP contribution in [-0.4, -0.2) is 13.1 Å². The molecule has 1 aromatic rings. The van der Waals surface area contributed by atoms with E-state index in [1.165, 1.54) is 50.3 Å². The van der Waals surface area contributed by atoms with Crippen LogP contribution < -0.4 is 0 Å². The summed E-state index contributed by atoms with van der Waals surface area (Å²) in [7, 11) is 1.42. The molecule has 0 N–H and O–H groups in total. The van der Waals surface area contributed by atoms with Gasteiger partial charge in [-0.3, -0.25) is 0 Å². The molecule has 0 heterocycles. The number of hydrogen-bond donors (Lipinski definition) is 0. The summed E-state index contributed by atoms with van der Waals surface area (Å²) < 4.78 is 4.74. The normalized spacial score (nSPS) is 16.8. The molecular formula is C15H20O2. The van der Waals surface area contributed by atoms with Crippen LogP contribution in [0.15, 0.2) is 18.2 Å². The molecule has 0 spiro atoms. The zero-order chi connectivity index (χ0) is 12.3. The quantitative estimate of drug-likeness (QED) is 0.724. The van der Waals surface area contributed by atoms with Crippen molar-refractivity contribution in [2.45, 2.75) is 44.9 Å². The van der Waals surface area contributed by atoms with Crippen LogP contribution >= 0.6 is 0 Å². The van der Waals surface area contributed by atoms with Crippen molar-refractivity contribution in [1.29, 1.82) is 0 Å². The first-order valence-corrected chi connectivity index (χ1v) is 6.41. The molecule has 0 saturated heterocycles. The van der Waals surface area contributed by atoms with E-state index < -0.39 is 0 Å². The first-order chi connectivity index (χ1) is 8.22. The van der Waals surface area contributed by atoms with Gasteiger partial charge in [-0.2, -0.15) is 0 Å². The van der Waals surface area contributed by atoms with Crippen LogP contribution in [0.4, 0.5) is 0 Å². The van der Waals surface area contributed by atoms with Gasteiger partial charge in [-0.1, -0.05) is 25.3 Å². The second-order valence-corrected chi connectivity index (χ2v) is 4.90. The SMILES string of the molecule is COC(=O)c1ccc(C2CCCCC2)c(C)c1. The molecule has 1 saturated carbocycles. The summed E-state index contributed by atoms with van der Waals surface area (Å²) in [4.78, 5) is 11.4. The van der Waals surface area contributed by atoms with Gasteiger partial charge in [-0.05, 0) is 48.9 Å². The van der Waals surface area contributed by atoms with Crippen molar-refractivity contribution in [2.75, 3.05) is 7.11 Å². The number of hydrogen-bond acceptors (Lipinski definition) is 2. The van der Waals surface area contributed by atoms with E-state index in [0.29, 0.717) is 11.5 Å². The average molecular weight is 232 g/mol. The van der Waals surface area contributed by atoms with Crippen LogP contribution in [0.5, 0.6) is 0 Å². The predicted molar refractivity (Wildman–Crippen MR) is 68.3 cm³/mol. The lowest BCUT2D eigenvalue weighted by Crippen LogP contribution is -2.08. The fraction of sp³-hybridized carbons (Fsp3) is 0.533. The summed E-state index contributed by atoms with van der Waals surface area (Å²) >= 11 is 0. The van der Waals surface area contributed by atoms with Gasteiger partial charge in [0.05, 0.1) is 12.7 Å². The molecule has 0 amide bonds. The van der Waals surface area contributed by atoms with Crippen molar-refractivity contribution >= 4 is 5.97 Å². The van der Waals surface area contributed by atoms with Gasteiger partial charge in [0.1, 0.15) is 0 Å². The summed E-state index contributed by atoms with van der Waals surface area (Å²) in [5.41, 5.74) is 3.29. The maximum atomic E-state index is 11.4. The van der Waals surface area contributed by atoms with Crippen LogP contribution in [0.25, 0.3) is 0 Å². The number of ether oxygens (including phenoxy) is 1. The number of rotatable bonds is 2. The Balaban J connectivity index is 2.21. The zero-order valence-corrected chi connectivity index (χ0v) is 10.7. The van der Waals surface area contributed by atoms with E-state index in [4.69, 9.17) is 4.74 Å². The highest BCUT2D eigenvalue weighted by Gasteiger charge is 2.18. The Kier molecular flexibility index (Phi) is 3.82. The molecule has 2 heteroatoms. The lowest BCUT2D eigenvalue weighted by molar-refractivity contribution is 0.0600. The molecule has 2 nitrogen and oxygen atoms in total. The van der Waals surface area contributed by atoms with E-state index in [0.717, 1.165) is 0 Å². The molecule has 1 aliphatic rings. The van der Waals surface area contributed by atoms with Crippen molar-refractivity contribution in [2.24, 2.45) is 0 Å². The first kappa shape index (κ1) is 12.2. The maximum absolute atomic E-state index is 11.4. The minimum absolute atomic E-state index is 0.247.